The summed E-state index contributed by atoms with van der Waals surface area (Å²) in [6.45, 7) is 1.77. The van der Waals surface area contributed by atoms with Gasteiger partial charge in [-0.2, -0.15) is 0 Å². The number of hydrogen-bond donors (Lipinski definition) is 2. The lowest BCUT2D eigenvalue weighted by Gasteiger charge is -2.20. The minimum Gasteiger partial charge on any atom is -0.356 e. The summed E-state index contributed by atoms with van der Waals surface area (Å²) in [5.74, 6) is 0.235. The van der Waals surface area contributed by atoms with Gasteiger partial charge in [0.2, 0.25) is 0 Å². The Balaban J connectivity index is 1.46. The van der Waals surface area contributed by atoms with Crippen molar-refractivity contribution in [2.45, 2.75) is 31.7 Å². The van der Waals surface area contributed by atoms with Gasteiger partial charge in [0, 0.05) is 30.2 Å². The van der Waals surface area contributed by atoms with Crippen LogP contribution in [0.3, 0.4) is 0 Å². The first-order valence-corrected chi connectivity index (χ1v) is 11.0. The molecule has 2 aliphatic rings. The van der Waals surface area contributed by atoms with Crippen molar-refractivity contribution in [3.05, 3.63) is 64.7 Å². The molecule has 31 heavy (non-hydrogen) atoms. The van der Waals surface area contributed by atoms with Crippen LogP contribution in [0.25, 0.3) is 10.9 Å². The van der Waals surface area contributed by atoms with E-state index in [2.05, 4.69) is 15.5 Å². The third-order valence-corrected chi connectivity index (χ3v) is 6.07. The second-order valence-corrected chi connectivity index (χ2v) is 8.55. The molecule has 2 heterocycles. The minimum absolute atomic E-state index is 0.214. The first-order valence-electron chi connectivity index (χ1n) is 10.6. The molecule has 2 N–H and O–H groups in total. The van der Waals surface area contributed by atoms with E-state index in [0.717, 1.165) is 49.7 Å². The maximum absolute atomic E-state index is 13.3. The summed E-state index contributed by atoms with van der Waals surface area (Å²) >= 11 is 6.23. The van der Waals surface area contributed by atoms with Gasteiger partial charge in [-0.25, -0.2) is 4.98 Å². The number of amides is 2. The van der Waals surface area contributed by atoms with E-state index < -0.39 is 0 Å². The molecule has 6 nitrogen and oxygen atoms in total. The Morgan fingerprint density at radius 1 is 0.968 bits per heavy atom. The van der Waals surface area contributed by atoms with E-state index in [-0.39, 0.29) is 17.9 Å². The van der Waals surface area contributed by atoms with Crippen molar-refractivity contribution in [2.75, 3.05) is 23.3 Å². The van der Waals surface area contributed by atoms with Gasteiger partial charge in [-0.1, -0.05) is 29.8 Å². The number of halogens is 1. The lowest BCUT2D eigenvalue weighted by Crippen LogP contribution is -2.26. The number of rotatable bonds is 5. The predicted octanol–water partition coefficient (Wildman–Crippen LogP) is 4.63. The van der Waals surface area contributed by atoms with E-state index in [9.17, 15) is 9.59 Å². The third-order valence-electron chi connectivity index (χ3n) is 5.74. The lowest BCUT2D eigenvalue weighted by molar-refractivity contribution is 0.0949. The summed E-state index contributed by atoms with van der Waals surface area (Å²) in [6.07, 6.45) is 4.17. The highest BCUT2D eigenvalue weighted by molar-refractivity contribution is 6.34. The average Bonchev–Trinajstić information content (AvgIpc) is 3.42. The van der Waals surface area contributed by atoms with Crippen LogP contribution in [-0.2, 0) is 0 Å². The summed E-state index contributed by atoms with van der Waals surface area (Å²) in [7, 11) is 0. The largest absolute Gasteiger partial charge is 0.356 e. The minimum atomic E-state index is -0.254. The zero-order chi connectivity index (χ0) is 21.4. The number of benzene rings is 2. The molecule has 1 saturated heterocycles. The van der Waals surface area contributed by atoms with Crippen molar-refractivity contribution in [3.8, 4) is 0 Å². The van der Waals surface area contributed by atoms with Gasteiger partial charge in [0.25, 0.3) is 11.8 Å². The molecule has 1 aliphatic heterocycles. The summed E-state index contributed by atoms with van der Waals surface area (Å²) < 4.78 is 0. The zero-order valence-corrected chi connectivity index (χ0v) is 17.8. The van der Waals surface area contributed by atoms with Crippen LogP contribution in [0.2, 0.25) is 5.02 Å². The fraction of sp³-hybridized carbons (Fsp3) is 0.292. The van der Waals surface area contributed by atoms with Crippen LogP contribution in [0.1, 0.15) is 46.4 Å². The number of para-hydroxylation sites is 1. The molecular weight excluding hydrogens is 412 g/mol. The van der Waals surface area contributed by atoms with Gasteiger partial charge in [0.1, 0.15) is 5.82 Å². The Hall–Kier alpha value is -3.12. The van der Waals surface area contributed by atoms with E-state index in [1.807, 2.05) is 30.3 Å². The second-order valence-electron chi connectivity index (χ2n) is 8.14. The van der Waals surface area contributed by atoms with E-state index in [1.165, 1.54) is 0 Å². The van der Waals surface area contributed by atoms with Gasteiger partial charge in [-0.05, 0) is 56.0 Å². The van der Waals surface area contributed by atoms with Gasteiger partial charge >= 0.3 is 0 Å². The molecule has 2 fully saturated rings. The smallest absolute Gasteiger partial charge is 0.259 e. The van der Waals surface area contributed by atoms with Crippen LogP contribution in [-0.4, -0.2) is 35.9 Å². The quantitative estimate of drug-likeness (QED) is 0.613. The van der Waals surface area contributed by atoms with Gasteiger partial charge in [0.05, 0.1) is 21.7 Å². The number of fused-ring (bicyclic) bond motifs is 1. The molecule has 0 radical (unpaired) electrons. The molecule has 7 heteroatoms. The molecule has 158 valence electrons. The number of anilines is 2. The van der Waals surface area contributed by atoms with Crippen molar-refractivity contribution in [3.63, 3.8) is 0 Å². The highest BCUT2D eigenvalue weighted by Gasteiger charge is 2.25. The molecule has 0 atom stereocenters. The summed E-state index contributed by atoms with van der Waals surface area (Å²) in [6, 6.07) is 14.9. The van der Waals surface area contributed by atoms with Crippen molar-refractivity contribution in [1.82, 2.24) is 10.3 Å². The van der Waals surface area contributed by atoms with Gasteiger partial charge in [0.15, 0.2) is 0 Å². The topological polar surface area (TPSA) is 74.3 Å². The monoisotopic (exact) mass is 434 g/mol. The van der Waals surface area contributed by atoms with Crippen LogP contribution in [0, 0.1) is 0 Å². The predicted molar refractivity (Wildman–Crippen MR) is 123 cm³/mol. The highest BCUT2D eigenvalue weighted by Crippen LogP contribution is 2.28. The molecule has 1 aromatic heterocycles. The third kappa shape index (κ3) is 4.21. The number of hydrogen-bond acceptors (Lipinski definition) is 4. The number of carbonyl (C=O) groups is 2. The number of carbonyl (C=O) groups excluding carboxylic acids is 2. The Bertz CT molecular complexity index is 1170. The molecule has 0 bridgehead atoms. The maximum atomic E-state index is 13.3. The van der Waals surface area contributed by atoms with E-state index >= 15 is 0 Å². The van der Waals surface area contributed by atoms with Crippen LogP contribution in [0.4, 0.5) is 11.5 Å². The normalized spacial score (nSPS) is 15.8. The lowest BCUT2D eigenvalue weighted by atomic mass is 10.1. The SMILES string of the molecule is O=C(NC1CC1)c1cc(NC(=O)c2cc3ccccc3nc2N2CCCC2)ccc1Cl. The molecule has 2 amide bonds. The fourth-order valence-electron chi connectivity index (χ4n) is 3.91. The molecule has 1 aliphatic carbocycles. The molecule has 1 saturated carbocycles. The standard InChI is InChI=1S/C24H23ClN4O2/c25-20-10-9-17(14-18(20)23(30)26-16-7-8-16)27-24(31)19-13-15-5-1-2-6-21(15)28-22(19)29-11-3-4-12-29/h1-2,5-6,9-10,13-14,16H,3-4,7-8,11-12H2,(H,26,30)(H,27,31). The fourth-order valence-corrected chi connectivity index (χ4v) is 4.11. The summed E-state index contributed by atoms with van der Waals surface area (Å²) in [4.78, 5) is 32.7. The van der Waals surface area contributed by atoms with Crippen molar-refractivity contribution >= 4 is 45.8 Å². The van der Waals surface area contributed by atoms with Crippen LogP contribution in [0.5, 0.6) is 0 Å². The number of pyridine rings is 1. The van der Waals surface area contributed by atoms with E-state index in [0.29, 0.717) is 27.7 Å². The molecular formula is C24H23ClN4O2. The Labute approximate surface area is 185 Å². The van der Waals surface area contributed by atoms with Crippen molar-refractivity contribution in [1.29, 1.82) is 0 Å². The molecule has 0 unspecified atom stereocenters. The maximum Gasteiger partial charge on any atom is 0.259 e. The van der Waals surface area contributed by atoms with Crippen LogP contribution in [0.15, 0.2) is 48.5 Å². The van der Waals surface area contributed by atoms with Gasteiger partial charge < -0.3 is 15.5 Å². The number of nitrogens with one attached hydrogen (secondary N) is 2. The van der Waals surface area contributed by atoms with E-state index in [1.54, 1.807) is 18.2 Å². The summed E-state index contributed by atoms with van der Waals surface area (Å²) in [5, 5.41) is 7.15. The number of nitrogens with zero attached hydrogens (tertiary/aromatic N) is 2. The molecule has 0 spiro atoms. The van der Waals surface area contributed by atoms with Crippen LogP contribution < -0.4 is 15.5 Å². The van der Waals surface area contributed by atoms with Crippen LogP contribution >= 0.6 is 11.6 Å². The second kappa shape index (κ2) is 8.19. The van der Waals surface area contributed by atoms with Crippen molar-refractivity contribution < 1.29 is 9.59 Å². The molecule has 3 aromatic rings. The van der Waals surface area contributed by atoms with Crippen molar-refractivity contribution in [2.24, 2.45) is 0 Å². The Kier molecular flexibility index (Phi) is 5.24. The summed E-state index contributed by atoms with van der Waals surface area (Å²) in [5.41, 5.74) is 2.28. The number of aromatic nitrogens is 1. The first kappa shape index (κ1) is 19.8. The van der Waals surface area contributed by atoms with Gasteiger partial charge in [-0.3, -0.25) is 9.59 Å². The van der Waals surface area contributed by atoms with Gasteiger partial charge in [-0.15, -0.1) is 0 Å². The first-order chi connectivity index (χ1) is 15.1. The van der Waals surface area contributed by atoms with E-state index in [4.69, 9.17) is 16.6 Å². The highest BCUT2D eigenvalue weighted by atomic mass is 35.5. The molecule has 2 aromatic carbocycles. The average molecular weight is 435 g/mol. The molecule has 5 rings (SSSR count). The Morgan fingerprint density at radius 2 is 1.74 bits per heavy atom. The Morgan fingerprint density at radius 3 is 2.52 bits per heavy atom. The zero-order valence-electron chi connectivity index (χ0n) is 17.0.